The summed E-state index contributed by atoms with van der Waals surface area (Å²) in [5, 5.41) is 0. The van der Waals surface area contributed by atoms with Crippen molar-refractivity contribution in [2.24, 2.45) is 11.3 Å². The fraction of sp³-hybridized carbons (Fsp3) is 0.727. The van der Waals surface area contributed by atoms with Gasteiger partial charge >= 0.3 is 5.97 Å². The largest absolute Gasteiger partial charge is 0.468 e. The number of rotatable bonds is 7. The van der Waals surface area contributed by atoms with Gasteiger partial charge in [-0.3, -0.25) is 33.8 Å². The first-order valence-corrected chi connectivity index (χ1v) is 16.6. The highest BCUT2D eigenvalue weighted by atomic mass is 32.1. The number of carbonyl (C=O) groups is 5. The van der Waals surface area contributed by atoms with Crippen molar-refractivity contribution >= 4 is 42.2 Å². The predicted molar refractivity (Wildman–Crippen MR) is 178 cm³/mol. The Bertz CT molecular complexity index is 1060. The molecule has 5 aliphatic heterocycles. The minimum atomic E-state index is -0.611. The number of fused-ring (bicyclic) bond motifs is 1. The van der Waals surface area contributed by atoms with E-state index in [2.05, 4.69) is 45.1 Å². The first-order valence-electron chi connectivity index (χ1n) is 15.7. The average molecular weight is 687 g/mol. The molecule has 5 heterocycles. The predicted octanol–water partition coefficient (Wildman–Crippen LogP) is 2.62. The molecule has 0 aromatic heterocycles. The molecule has 3 saturated heterocycles. The number of nitrogens with zero attached hydrogens (tertiary/aromatic N) is 2. The fourth-order valence-corrected chi connectivity index (χ4v) is 4.64. The summed E-state index contributed by atoms with van der Waals surface area (Å²) in [5.41, 5.74) is 0.578. The van der Waals surface area contributed by atoms with Gasteiger partial charge in [-0.2, -0.15) is 12.6 Å². The van der Waals surface area contributed by atoms with E-state index in [4.69, 9.17) is 23.7 Å². The van der Waals surface area contributed by atoms with E-state index in [1.165, 1.54) is 52.0 Å². The second-order valence-corrected chi connectivity index (χ2v) is 12.2. The molecular weight excluding hydrogens is 632 g/mol. The molecule has 0 aromatic rings. The number of epoxide rings is 2. The summed E-state index contributed by atoms with van der Waals surface area (Å²) in [5.74, 6) is -1.28. The van der Waals surface area contributed by atoms with Gasteiger partial charge in [0.2, 0.25) is 0 Å². The maximum absolute atomic E-state index is 10.8. The van der Waals surface area contributed by atoms with Gasteiger partial charge in [-0.15, -0.1) is 0 Å². The van der Waals surface area contributed by atoms with Crippen molar-refractivity contribution in [3.8, 4) is 0 Å². The third-order valence-electron chi connectivity index (χ3n) is 8.38. The van der Waals surface area contributed by atoms with Crippen molar-refractivity contribution in [3.63, 3.8) is 0 Å². The zero-order valence-corrected chi connectivity index (χ0v) is 30.2. The molecule has 268 valence electrons. The number of esters is 1. The van der Waals surface area contributed by atoms with Gasteiger partial charge < -0.3 is 28.4 Å². The highest BCUT2D eigenvalue weighted by Crippen LogP contribution is 2.39. The molecule has 1 aliphatic carbocycles. The molecule has 47 heavy (non-hydrogen) atoms. The topological polar surface area (TPSA) is 154 Å². The van der Waals surface area contributed by atoms with Crippen LogP contribution in [0.2, 0.25) is 0 Å². The van der Waals surface area contributed by atoms with Crippen LogP contribution in [0.3, 0.4) is 0 Å². The Morgan fingerprint density at radius 1 is 0.915 bits per heavy atom. The number of thiol groups is 1. The minimum absolute atomic E-state index is 0.208. The van der Waals surface area contributed by atoms with Gasteiger partial charge in [0.05, 0.1) is 50.8 Å². The molecule has 0 N–H and O–H groups in total. The van der Waals surface area contributed by atoms with Crippen molar-refractivity contribution in [3.05, 3.63) is 24.3 Å². The molecule has 0 spiro atoms. The summed E-state index contributed by atoms with van der Waals surface area (Å²) in [7, 11) is 6.17. The second kappa shape index (κ2) is 20.7. The summed E-state index contributed by atoms with van der Waals surface area (Å²) in [6.07, 6.45) is 13.1. The number of amides is 4. The SMILES string of the molecule is CC1OC1(C)C.CCC1(COC)COC1.CN1C(=O)C=CC1=O.COC(=O)CN1C(=O)C=CC1=O.COCC1CCC2OC2C1.CS. The van der Waals surface area contributed by atoms with Gasteiger partial charge in [0, 0.05) is 57.6 Å². The van der Waals surface area contributed by atoms with Crippen LogP contribution in [0, 0.1) is 11.3 Å². The van der Waals surface area contributed by atoms with Crippen LogP contribution < -0.4 is 0 Å². The van der Waals surface area contributed by atoms with Crippen molar-refractivity contribution in [1.82, 2.24) is 9.80 Å². The molecule has 0 aromatic carbocycles. The molecule has 4 fully saturated rings. The number of carbonyl (C=O) groups excluding carboxylic acids is 5. The van der Waals surface area contributed by atoms with Gasteiger partial charge in [-0.1, -0.05) is 6.92 Å². The number of ether oxygens (including phenoxy) is 6. The van der Waals surface area contributed by atoms with E-state index in [1.54, 1.807) is 20.5 Å². The van der Waals surface area contributed by atoms with E-state index >= 15 is 0 Å². The third-order valence-corrected chi connectivity index (χ3v) is 8.38. The van der Waals surface area contributed by atoms with Crippen LogP contribution in [0.25, 0.3) is 0 Å². The molecule has 4 unspecified atom stereocenters. The van der Waals surface area contributed by atoms with Gasteiger partial charge in [0.1, 0.15) is 6.54 Å². The summed E-state index contributed by atoms with van der Waals surface area (Å²) in [6, 6.07) is 0. The van der Waals surface area contributed by atoms with Crippen LogP contribution >= 0.6 is 12.6 Å². The van der Waals surface area contributed by atoms with Crippen LogP contribution in [0.4, 0.5) is 0 Å². The van der Waals surface area contributed by atoms with Crippen LogP contribution in [-0.2, 0) is 52.4 Å². The maximum Gasteiger partial charge on any atom is 0.325 e. The van der Waals surface area contributed by atoms with Gasteiger partial charge in [-0.05, 0) is 58.6 Å². The average Bonchev–Trinajstić information content (AvgIpc) is 3.87. The Kier molecular flexibility index (Phi) is 18.7. The van der Waals surface area contributed by atoms with Crippen molar-refractivity contribution in [1.29, 1.82) is 0 Å². The minimum Gasteiger partial charge on any atom is -0.468 e. The highest BCUT2D eigenvalue weighted by molar-refractivity contribution is 7.79. The quantitative estimate of drug-likeness (QED) is 0.182. The Labute approximate surface area is 284 Å². The van der Waals surface area contributed by atoms with Crippen LogP contribution in [0.1, 0.15) is 53.4 Å². The van der Waals surface area contributed by atoms with Crippen LogP contribution in [0.5, 0.6) is 0 Å². The Balaban J connectivity index is 0.000000294. The molecule has 14 heteroatoms. The fourth-order valence-electron chi connectivity index (χ4n) is 4.64. The van der Waals surface area contributed by atoms with E-state index in [9.17, 15) is 24.0 Å². The zero-order chi connectivity index (χ0) is 35.8. The number of hydrogen-bond donors (Lipinski definition) is 1. The number of imide groups is 2. The standard InChI is InChI=1S/C8H14O2.C7H7NO4.C7H14O2.C5H5NO2.C5H10O.CH4S/c1-9-5-6-2-3-7-8(4-6)10-7;1-12-7(11)4-8-5(9)2-3-6(8)10;1-3-7(4-8-2)5-9-6-7;1-6-4(7)2-3-5(6)8;1-4-5(2,3)6-4;1-2/h6-8H,2-5H2,1H3;2-3H,4H2,1H3;3-6H2,1-2H3;2-3H,1H3;4H,1-3H3;2H,1H3. The van der Waals surface area contributed by atoms with Crippen LogP contribution in [0.15, 0.2) is 24.3 Å². The highest BCUT2D eigenvalue weighted by Gasteiger charge is 2.44. The van der Waals surface area contributed by atoms with E-state index < -0.39 is 17.8 Å². The molecule has 4 atom stereocenters. The molecule has 6 aliphatic rings. The number of methoxy groups -OCH3 is 3. The van der Waals surface area contributed by atoms with E-state index in [0.717, 1.165) is 54.3 Å². The monoisotopic (exact) mass is 686 g/mol. The summed E-state index contributed by atoms with van der Waals surface area (Å²) in [4.78, 5) is 55.0. The summed E-state index contributed by atoms with van der Waals surface area (Å²) < 4.78 is 30.1. The summed E-state index contributed by atoms with van der Waals surface area (Å²) in [6.45, 7) is 11.7. The lowest BCUT2D eigenvalue weighted by atomic mass is 9.84. The van der Waals surface area contributed by atoms with Crippen molar-refractivity contribution in [2.75, 3.05) is 67.6 Å². The number of likely N-dealkylation sites (N-methyl/N-ethyl adjacent to an activating group) is 1. The second-order valence-electron chi connectivity index (χ2n) is 12.2. The lowest BCUT2D eigenvalue weighted by molar-refractivity contribution is -0.149. The molecule has 6 rings (SSSR count). The lowest BCUT2D eigenvalue weighted by Crippen LogP contribution is -2.45. The van der Waals surface area contributed by atoms with Gasteiger partial charge in [0.15, 0.2) is 0 Å². The first kappa shape index (κ1) is 42.4. The van der Waals surface area contributed by atoms with Crippen molar-refractivity contribution < 1.29 is 52.4 Å². The molecule has 0 radical (unpaired) electrons. The smallest absolute Gasteiger partial charge is 0.325 e. The first-order chi connectivity index (χ1) is 22.2. The Morgan fingerprint density at radius 3 is 1.72 bits per heavy atom. The Hall–Kier alpha value is -2.62. The van der Waals surface area contributed by atoms with Crippen LogP contribution in [-0.4, -0.2) is 131 Å². The normalized spacial score (nSPS) is 26.3. The Morgan fingerprint density at radius 2 is 1.43 bits per heavy atom. The molecule has 1 saturated carbocycles. The van der Waals surface area contributed by atoms with Gasteiger partial charge in [0.25, 0.3) is 23.6 Å². The molecule has 4 amide bonds. The maximum atomic E-state index is 10.8. The van der Waals surface area contributed by atoms with Crippen molar-refractivity contribution in [2.45, 2.75) is 77.3 Å². The lowest BCUT2D eigenvalue weighted by Gasteiger charge is -2.39. The third kappa shape index (κ3) is 14.6. The zero-order valence-electron chi connectivity index (χ0n) is 29.3. The van der Waals surface area contributed by atoms with E-state index in [-0.39, 0.29) is 24.0 Å². The number of hydrogen-bond acceptors (Lipinski definition) is 12. The van der Waals surface area contributed by atoms with E-state index in [0.29, 0.717) is 23.7 Å². The molecule has 13 nitrogen and oxygen atoms in total. The van der Waals surface area contributed by atoms with Gasteiger partial charge in [-0.25, -0.2) is 0 Å². The summed E-state index contributed by atoms with van der Waals surface area (Å²) >= 11 is 3.53. The molecule has 0 bridgehead atoms. The van der Waals surface area contributed by atoms with E-state index in [1.807, 2.05) is 0 Å². The molecular formula is C33H54N2O11S.